The van der Waals surface area contributed by atoms with Crippen molar-refractivity contribution in [3.63, 3.8) is 0 Å². The van der Waals surface area contributed by atoms with E-state index in [0.717, 1.165) is 7.11 Å². The second kappa shape index (κ2) is 10.1. The Balaban J connectivity index is 2.28. The summed E-state index contributed by atoms with van der Waals surface area (Å²) in [6.45, 7) is 6.74. The first-order chi connectivity index (χ1) is 13.7. The Morgan fingerprint density at radius 3 is 2.28 bits per heavy atom. The molecule has 2 aliphatic rings. The van der Waals surface area contributed by atoms with E-state index in [2.05, 4.69) is 16.6 Å². The highest BCUT2D eigenvalue weighted by molar-refractivity contribution is 5.75. The highest BCUT2D eigenvalue weighted by Gasteiger charge is 2.52. The van der Waals surface area contributed by atoms with Crippen molar-refractivity contribution in [2.24, 2.45) is 0 Å². The average molecular weight is 421 g/mol. The van der Waals surface area contributed by atoms with Gasteiger partial charge in [-0.05, 0) is 13.8 Å². The third-order valence-corrected chi connectivity index (χ3v) is 5.10. The number of carbonyl (C=O) groups is 1. The molecule has 5 N–H and O–H groups in total. The maximum absolute atomic E-state index is 12.0. The van der Waals surface area contributed by atoms with Gasteiger partial charge in [-0.1, -0.05) is 6.58 Å². The number of hydrogen-bond donors (Lipinski definition) is 5. The molecule has 29 heavy (non-hydrogen) atoms. The zero-order valence-electron chi connectivity index (χ0n) is 16.9. The molecule has 2 aliphatic heterocycles. The molecule has 168 valence electrons. The average Bonchev–Trinajstić information content (AvgIpc) is 2.69. The summed E-state index contributed by atoms with van der Waals surface area (Å²) in [7, 11) is 2.40. The minimum atomic E-state index is -1.58. The van der Waals surface area contributed by atoms with Crippen LogP contribution in [0.5, 0.6) is 0 Å². The molecule has 10 atom stereocenters. The molecule has 0 spiro atoms. The summed E-state index contributed by atoms with van der Waals surface area (Å²) in [5.41, 5.74) is 0.575. The van der Waals surface area contributed by atoms with Crippen molar-refractivity contribution in [2.75, 3.05) is 20.8 Å². The number of esters is 1. The molecule has 2 fully saturated rings. The maximum Gasteiger partial charge on any atom is 0.337 e. The minimum absolute atomic E-state index is 0.460. The van der Waals surface area contributed by atoms with Crippen LogP contribution in [0.2, 0.25) is 0 Å². The van der Waals surface area contributed by atoms with E-state index >= 15 is 0 Å². The van der Waals surface area contributed by atoms with Gasteiger partial charge in [-0.3, -0.25) is 0 Å². The lowest BCUT2D eigenvalue weighted by molar-refractivity contribution is -0.327. The molecule has 0 aromatic carbocycles. The predicted molar refractivity (Wildman–Crippen MR) is 97.5 cm³/mol. The van der Waals surface area contributed by atoms with Gasteiger partial charge in [0.05, 0.1) is 25.9 Å². The standard InChI is InChI=1S/C18H31NO10/c1-7(2)19-10-8(3)27-9(6-20)11(21)14(10)28-18-13(23)12(22)15(25-4)16(29-18)17(24)26-5/h8-16,18-23H,1,6H2,2-5H3/t8-,9-,10+,11?,12+,13-,14-,15?,16+,18-/m0/s1. The number of nitrogens with one attached hydrogen (secondary N) is 1. The second-order valence-electron chi connectivity index (χ2n) is 7.23. The van der Waals surface area contributed by atoms with Gasteiger partial charge in [0, 0.05) is 12.8 Å². The summed E-state index contributed by atoms with van der Waals surface area (Å²) in [5.74, 6) is -0.817. The van der Waals surface area contributed by atoms with Gasteiger partial charge in [-0.25, -0.2) is 4.79 Å². The van der Waals surface area contributed by atoms with Gasteiger partial charge >= 0.3 is 5.97 Å². The number of rotatable bonds is 7. The first-order valence-corrected chi connectivity index (χ1v) is 9.30. The van der Waals surface area contributed by atoms with Crippen LogP contribution < -0.4 is 5.32 Å². The van der Waals surface area contributed by atoms with Crippen molar-refractivity contribution in [2.45, 2.75) is 75.0 Å². The minimum Gasteiger partial charge on any atom is -0.467 e. The van der Waals surface area contributed by atoms with Crippen LogP contribution >= 0.6 is 0 Å². The Morgan fingerprint density at radius 1 is 1.10 bits per heavy atom. The second-order valence-corrected chi connectivity index (χ2v) is 7.23. The van der Waals surface area contributed by atoms with Crippen molar-refractivity contribution >= 4 is 5.97 Å². The molecule has 0 radical (unpaired) electrons. The number of hydrogen-bond acceptors (Lipinski definition) is 11. The van der Waals surface area contributed by atoms with Gasteiger partial charge in [0.25, 0.3) is 0 Å². The SMILES string of the molecule is C=C(C)N[C@@H]1[C@H](C)O[C@@H](CO)C(O)[C@H]1O[C@H]1O[C@@H](C(=O)OC)C(OC)[C@H](O)[C@@H]1O. The molecule has 0 aromatic rings. The van der Waals surface area contributed by atoms with Gasteiger partial charge in [0.15, 0.2) is 12.4 Å². The van der Waals surface area contributed by atoms with Crippen molar-refractivity contribution in [1.82, 2.24) is 5.32 Å². The number of methoxy groups -OCH3 is 2. The fraction of sp³-hybridized carbons (Fsp3) is 0.833. The normalized spacial score (nSPS) is 42.9. The Hall–Kier alpha value is -1.31. The lowest BCUT2D eigenvalue weighted by Gasteiger charge is -2.47. The largest absolute Gasteiger partial charge is 0.467 e. The zero-order chi connectivity index (χ0) is 21.9. The van der Waals surface area contributed by atoms with Crippen LogP contribution in [0.4, 0.5) is 0 Å². The highest BCUT2D eigenvalue weighted by Crippen LogP contribution is 2.30. The molecule has 0 saturated carbocycles. The Kier molecular flexibility index (Phi) is 8.37. The molecule has 0 aromatic heterocycles. The van der Waals surface area contributed by atoms with E-state index in [1.165, 1.54) is 7.11 Å². The van der Waals surface area contributed by atoms with Crippen LogP contribution in [0.15, 0.2) is 12.3 Å². The summed E-state index contributed by atoms with van der Waals surface area (Å²) in [4.78, 5) is 12.0. The number of aliphatic hydroxyl groups excluding tert-OH is 4. The van der Waals surface area contributed by atoms with E-state index in [-0.39, 0.29) is 0 Å². The van der Waals surface area contributed by atoms with Gasteiger partial charge < -0.3 is 49.4 Å². The van der Waals surface area contributed by atoms with Gasteiger partial charge in [0.2, 0.25) is 0 Å². The number of carbonyl (C=O) groups excluding carboxylic acids is 1. The topological polar surface area (TPSA) is 156 Å². The third-order valence-electron chi connectivity index (χ3n) is 5.10. The van der Waals surface area contributed by atoms with Gasteiger partial charge in [-0.15, -0.1) is 0 Å². The number of allylic oxidation sites excluding steroid dienone is 1. The molecule has 0 bridgehead atoms. The van der Waals surface area contributed by atoms with Crippen LogP contribution in [-0.4, -0.2) is 108 Å². The first-order valence-electron chi connectivity index (χ1n) is 9.30. The summed E-state index contributed by atoms with van der Waals surface area (Å²) in [6, 6.07) is -0.616. The van der Waals surface area contributed by atoms with Crippen molar-refractivity contribution in [3.8, 4) is 0 Å². The van der Waals surface area contributed by atoms with E-state index in [1.807, 2.05) is 0 Å². The lowest BCUT2D eigenvalue weighted by atomic mass is 9.92. The summed E-state index contributed by atoms with van der Waals surface area (Å²) in [6.07, 6.45) is -10.9. The molecular weight excluding hydrogens is 390 g/mol. The molecule has 2 heterocycles. The molecule has 0 aliphatic carbocycles. The molecule has 0 amide bonds. The Bertz CT molecular complexity index is 575. The number of aliphatic hydroxyl groups is 4. The smallest absolute Gasteiger partial charge is 0.337 e. The first kappa shape index (κ1) is 24.0. The molecule has 11 heteroatoms. The fourth-order valence-electron chi connectivity index (χ4n) is 3.61. The van der Waals surface area contributed by atoms with Crippen LogP contribution in [0, 0.1) is 0 Å². The van der Waals surface area contributed by atoms with Crippen LogP contribution in [0.3, 0.4) is 0 Å². The number of ether oxygens (including phenoxy) is 5. The van der Waals surface area contributed by atoms with E-state index < -0.39 is 73.7 Å². The Morgan fingerprint density at radius 2 is 1.76 bits per heavy atom. The summed E-state index contributed by atoms with van der Waals surface area (Å²) >= 11 is 0. The van der Waals surface area contributed by atoms with E-state index in [9.17, 15) is 25.2 Å². The van der Waals surface area contributed by atoms with E-state index in [0.29, 0.717) is 5.70 Å². The van der Waals surface area contributed by atoms with Crippen LogP contribution in [0.1, 0.15) is 13.8 Å². The van der Waals surface area contributed by atoms with Gasteiger partial charge in [-0.2, -0.15) is 0 Å². The molecule has 2 saturated heterocycles. The van der Waals surface area contributed by atoms with Crippen LogP contribution in [0.25, 0.3) is 0 Å². The van der Waals surface area contributed by atoms with Crippen LogP contribution in [-0.2, 0) is 28.5 Å². The Labute approximate surface area is 169 Å². The molecule has 11 nitrogen and oxygen atoms in total. The third kappa shape index (κ3) is 5.06. The van der Waals surface area contributed by atoms with Crippen molar-refractivity contribution < 1.29 is 48.9 Å². The van der Waals surface area contributed by atoms with Crippen molar-refractivity contribution in [1.29, 1.82) is 0 Å². The highest BCUT2D eigenvalue weighted by atomic mass is 16.7. The zero-order valence-corrected chi connectivity index (χ0v) is 16.9. The van der Waals surface area contributed by atoms with Crippen molar-refractivity contribution in [3.05, 3.63) is 12.3 Å². The molecule has 2 unspecified atom stereocenters. The monoisotopic (exact) mass is 421 g/mol. The summed E-state index contributed by atoms with van der Waals surface area (Å²) in [5, 5.41) is 44.0. The van der Waals surface area contributed by atoms with E-state index in [1.54, 1.807) is 13.8 Å². The van der Waals surface area contributed by atoms with E-state index in [4.69, 9.17) is 18.9 Å². The summed E-state index contributed by atoms with van der Waals surface area (Å²) < 4.78 is 26.7. The lowest BCUT2D eigenvalue weighted by Crippen LogP contribution is -2.67. The quantitative estimate of drug-likeness (QED) is 0.280. The predicted octanol–water partition coefficient (Wildman–Crippen LogP) is -2.36. The molecular formula is C18H31NO10. The maximum atomic E-state index is 12.0. The fourth-order valence-corrected chi connectivity index (χ4v) is 3.61. The van der Waals surface area contributed by atoms with Gasteiger partial charge in [0.1, 0.15) is 36.6 Å². The molecule has 2 rings (SSSR count).